The van der Waals surface area contributed by atoms with Gasteiger partial charge in [-0.1, -0.05) is 11.8 Å². The molecule has 0 aromatic heterocycles. The minimum absolute atomic E-state index is 0.0855. The molecule has 0 atom stereocenters. The predicted octanol–water partition coefficient (Wildman–Crippen LogP) is 1.31. The van der Waals surface area contributed by atoms with Gasteiger partial charge in [-0.2, -0.15) is 5.10 Å². The number of hydrogen-bond donors (Lipinski definition) is 1. The van der Waals surface area contributed by atoms with Gasteiger partial charge in [-0.25, -0.2) is 4.79 Å². The molecular weight excluding hydrogens is 320 g/mol. The number of nitrogens with zero attached hydrogens (tertiary/aromatic N) is 3. The van der Waals surface area contributed by atoms with Crippen LogP contribution in [-0.2, 0) is 4.79 Å². The minimum Gasteiger partial charge on any atom is -0.493 e. The summed E-state index contributed by atoms with van der Waals surface area (Å²) in [4.78, 5) is 23.9. The number of rotatable bonds is 4. The highest BCUT2D eigenvalue weighted by Gasteiger charge is 2.16. The molecule has 1 saturated heterocycles. The van der Waals surface area contributed by atoms with Gasteiger partial charge >= 0.3 is 6.09 Å². The lowest BCUT2D eigenvalue weighted by Gasteiger charge is -2.13. The average Bonchev–Trinajstić information content (AvgIpc) is 2.93. The Labute approximate surface area is 137 Å². The second kappa shape index (κ2) is 7.63. The summed E-state index contributed by atoms with van der Waals surface area (Å²) in [7, 11) is 4.66. The lowest BCUT2D eigenvalue weighted by Crippen LogP contribution is -2.25. The second-order valence-corrected chi connectivity index (χ2v) is 5.62. The van der Waals surface area contributed by atoms with Crippen molar-refractivity contribution >= 4 is 35.1 Å². The predicted molar refractivity (Wildman–Crippen MR) is 88.3 cm³/mol. The molecule has 0 bridgehead atoms. The number of amidine groups is 1. The standard InChI is InChI=1S/C14H16N4O4S/c1-18(2)14(20)22-10-5-4-9(6-11(10)21-3)7-15-17-13-16-12(19)8-23-13/h4-7H,8H2,1-3H3,(H,16,17,19)/b15-7+. The maximum atomic E-state index is 11.6. The van der Waals surface area contributed by atoms with Crippen LogP contribution < -0.4 is 14.8 Å². The molecule has 1 fully saturated rings. The van der Waals surface area contributed by atoms with Crippen molar-refractivity contribution in [2.24, 2.45) is 10.2 Å². The van der Waals surface area contributed by atoms with Gasteiger partial charge in [0.2, 0.25) is 5.91 Å². The number of ether oxygens (including phenoxy) is 2. The first-order chi connectivity index (χ1) is 11.0. The van der Waals surface area contributed by atoms with Gasteiger partial charge in [-0.3, -0.25) is 4.79 Å². The van der Waals surface area contributed by atoms with Gasteiger partial charge in [-0.05, 0) is 23.8 Å². The summed E-state index contributed by atoms with van der Waals surface area (Å²) in [5.41, 5.74) is 0.713. The molecule has 1 heterocycles. The highest BCUT2D eigenvalue weighted by molar-refractivity contribution is 8.15. The number of carbonyl (C=O) groups is 2. The molecule has 1 aromatic carbocycles. The van der Waals surface area contributed by atoms with Crippen LogP contribution in [0.5, 0.6) is 11.5 Å². The summed E-state index contributed by atoms with van der Waals surface area (Å²) in [5, 5.41) is 10.9. The van der Waals surface area contributed by atoms with Crippen molar-refractivity contribution in [3.8, 4) is 11.5 Å². The van der Waals surface area contributed by atoms with E-state index in [0.29, 0.717) is 28.0 Å². The zero-order chi connectivity index (χ0) is 16.8. The fraction of sp³-hybridized carbons (Fsp3) is 0.286. The molecule has 1 N–H and O–H groups in total. The first-order valence-corrected chi connectivity index (χ1v) is 7.59. The summed E-state index contributed by atoms with van der Waals surface area (Å²) in [6.45, 7) is 0. The van der Waals surface area contributed by atoms with Crippen LogP contribution >= 0.6 is 11.8 Å². The number of methoxy groups -OCH3 is 1. The van der Waals surface area contributed by atoms with E-state index in [-0.39, 0.29) is 5.91 Å². The Kier molecular flexibility index (Phi) is 5.58. The minimum atomic E-state index is -0.495. The Balaban J connectivity index is 2.09. The van der Waals surface area contributed by atoms with Crippen molar-refractivity contribution in [3.05, 3.63) is 23.8 Å². The van der Waals surface area contributed by atoms with E-state index >= 15 is 0 Å². The fourth-order valence-corrected chi connectivity index (χ4v) is 2.19. The number of thioether (sulfide) groups is 1. The third kappa shape index (κ3) is 4.71. The molecular formula is C14H16N4O4S. The first-order valence-electron chi connectivity index (χ1n) is 6.60. The van der Waals surface area contributed by atoms with Gasteiger partial charge in [0.15, 0.2) is 16.7 Å². The highest BCUT2D eigenvalue weighted by Crippen LogP contribution is 2.28. The molecule has 8 nitrogen and oxygen atoms in total. The van der Waals surface area contributed by atoms with Gasteiger partial charge in [0.05, 0.1) is 19.1 Å². The number of carbonyl (C=O) groups excluding carboxylic acids is 2. The van der Waals surface area contributed by atoms with E-state index in [2.05, 4.69) is 15.5 Å². The molecule has 0 aliphatic carbocycles. The van der Waals surface area contributed by atoms with Gasteiger partial charge in [0.25, 0.3) is 0 Å². The normalized spacial score (nSPS) is 15.8. The van der Waals surface area contributed by atoms with Gasteiger partial charge < -0.3 is 19.7 Å². The summed E-state index contributed by atoms with van der Waals surface area (Å²) < 4.78 is 10.4. The Bertz CT molecular complexity index is 673. The van der Waals surface area contributed by atoms with E-state index in [0.717, 1.165) is 0 Å². The molecule has 122 valence electrons. The molecule has 23 heavy (non-hydrogen) atoms. The molecule has 0 radical (unpaired) electrons. The van der Waals surface area contributed by atoms with E-state index in [1.807, 2.05) is 0 Å². The van der Waals surface area contributed by atoms with E-state index in [1.54, 1.807) is 32.3 Å². The lowest BCUT2D eigenvalue weighted by molar-refractivity contribution is -0.116. The topological polar surface area (TPSA) is 92.6 Å². The van der Waals surface area contributed by atoms with Crippen molar-refractivity contribution in [2.75, 3.05) is 27.0 Å². The molecule has 0 saturated carbocycles. The van der Waals surface area contributed by atoms with Crippen LogP contribution in [0.1, 0.15) is 5.56 Å². The number of hydrogen-bond acceptors (Lipinski definition) is 7. The summed E-state index contributed by atoms with van der Waals surface area (Å²) in [6, 6.07) is 4.99. The molecule has 0 spiro atoms. The maximum Gasteiger partial charge on any atom is 0.414 e. The summed E-state index contributed by atoms with van der Waals surface area (Å²) in [5.74, 6) is 0.986. The van der Waals surface area contributed by atoms with Gasteiger partial charge in [-0.15, -0.1) is 5.10 Å². The van der Waals surface area contributed by atoms with Crippen LogP contribution in [0.2, 0.25) is 0 Å². The Morgan fingerprint density at radius 1 is 1.39 bits per heavy atom. The van der Waals surface area contributed by atoms with Crippen LogP contribution in [0, 0.1) is 0 Å². The smallest absolute Gasteiger partial charge is 0.414 e. The molecule has 1 aliphatic heterocycles. The van der Waals surface area contributed by atoms with Crippen molar-refractivity contribution in [1.82, 2.24) is 10.2 Å². The van der Waals surface area contributed by atoms with Gasteiger partial charge in [0.1, 0.15) is 0 Å². The molecule has 1 aliphatic rings. The van der Waals surface area contributed by atoms with Crippen LogP contribution in [-0.4, -0.2) is 55.2 Å². The maximum absolute atomic E-state index is 11.6. The summed E-state index contributed by atoms with van der Waals surface area (Å²) >= 11 is 1.29. The largest absolute Gasteiger partial charge is 0.493 e. The Morgan fingerprint density at radius 2 is 2.17 bits per heavy atom. The molecule has 2 rings (SSSR count). The zero-order valence-corrected chi connectivity index (χ0v) is 13.7. The lowest BCUT2D eigenvalue weighted by atomic mass is 10.2. The van der Waals surface area contributed by atoms with Crippen molar-refractivity contribution in [1.29, 1.82) is 0 Å². The first kappa shape index (κ1) is 16.8. The van der Waals surface area contributed by atoms with E-state index in [1.165, 1.54) is 30.0 Å². The average molecular weight is 336 g/mol. The third-order valence-corrected chi connectivity index (χ3v) is 3.56. The van der Waals surface area contributed by atoms with Crippen LogP contribution in [0.15, 0.2) is 28.4 Å². The number of nitrogens with one attached hydrogen (secondary N) is 1. The van der Waals surface area contributed by atoms with Gasteiger partial charge in [0, 0.05) is 14.1 Å². The molecule has 1 aromatic rings. The van der Waals surface area contributed by atoms with Crippen molar-refractivity contribution < 1.29 is 19.1 Å². The van der Waals surface area contributed by atoms with Crippen LogP contribution in [0.4, 0.5) is 4.79 Å². The zero-order valence-electron chi connectivity index (χ0n) is 12.9. The number of benzene rings is 1. The quantitative estimate of drug-likeness (QED) is 0.661. The van der Waals surface area contributed by atoms with E-state index in [9.17, 15) is 9.59 Å². The van der Waals surface area contributed by atoms with Crippen molar-refractivity contribution in [2.45, 2.75) is 0 Å². The Hall–Kier alpha value is -2.55. The Morgan fingerprint density at radius 3 is 2.78 bits per heavy atom. The third-order valence-electron chi connectivity index (χ3n) is 2.69. The second-order valence-electron chi connectivity index (χ2n) is 4.66. The highest BCUT2D eigenvalue weighted by atomic mass is 32.2. The monoisotopic (exact) mass is 336 g/mol. The molecule has 0 unspecified atom stereocenters. The summed E-state index contributed by atoms with van der Waals surface area (Å²) in [6.07, 6.45) is 1.02. The molecule has 9 heteroatoms. The van der Waals surface area contributed by atoms with Crippen LogP contribution in [0.25, 0.3) is 0 Å². The number of amides is 2. The van der Waals surface area contributed by atoms with E-state index in [4.69, 9.17) is 9.47 Å². The molecule has 2 amide bonds. The van der Waals surface area contributed by atoms with Crippen molar-refractivity contribution in [3.63, 3.8) is 0 Å². The SMILES string of the molecule is COc1cc(/C=N/N=C2\NC(=O)CS2)ccc1OC(=O)N(C)C. The van der Waals surface area contributed by atoms with E-state index < -0.39 is 6.09 Å². The fourth-order valence-electron chi connectivity index (χ4n) is 1.56. The van der Waals surface area contributed by atoms with Crippen LogP contribution in [0.3, 0.4) is 0 Å².